The molecule has 0 aliphatic carbocycles. The van der Waals surface area contributed by atoms with E-state index in [1.807, 2.05) is 25.1 Å². The van der Waals surface area contributed by atoms with Crippen LogP contribution in [0.3, 0.4) is 0 Å². The molecule has 0 saturated heterocycles. The second kappa shape index (κ2) is 3.55. The quantitative estimate of drug-likeness (QED) is 0.605. The topological polar surface area (TPSA) is 50.9 Å². The summed E-state index contributed by atoms with van der Waals surface area (Å²) in [4.78, 5) is 4.28. The van der Waals surface area contributed by atoms with Crippen LogP contribution in [0.15, 0.2) is 28.9 Å². The Kier molecular flexibility index (Phi) is 2.39. The number of benzene rings is 1. The third kappa shape index (κ3) is 1.47. The van der Waals surface area contributed by atoms with Crippen molar-refractivity contribution in [1.82, 2.24) is 4.98 Å². The molecule has 72 valence electrons. The number of fused-ring (bicyclic) bond motifs is 1. The minimum atomic E-state index is 0.885. The number of hydrogen-bond acceptors (Lipinski definition) is 3. The number of anilines is 1. The fourth-order valence-corrected chi connectivity index (χ4v) is 1.74. The summed E-state index contributed by atoms with van der Waals surface area (Å²) < 4.78 is 1.06. The summed E-state index contributed by atoms with van der Waals surface area (Å²) in [6.45, 7) is 2.04. The van der Waals surface area contributed by atoms with Crippen LogP contribution in [0.5, 0.6) is 0 Å². The summed E-state index contributed by atoms with van der Waals surface area (Å²) in [7, 11) is 0. The monoisotopic (exact) mass is 251 g/mol. The van der Waals surface area contributed by atoms with Gasteiger partial charge in [0.1, 0.15) is 0 Å². The van der Waals surface area contributed by atoms with Crippen molar-refractivity contribution in [2.75, 3.05) is 5.43 Å². The Balaban J connectivity index is 2.81. The minimum Gasteiger partial charge on any atom is -0.323 e. The molecule has 2 aromatic rings. The highest BCUT2D eigenvalue weighted by Gasteiger charge is 2.03. The van der Waals surface area contributed by atoms with Crippen LogP contribution in [0, 0.1) is 6.92 Å². The maximum absolute atomic E-state index is 5.41. The summed E-state index contributed by atoms with van der Waals surface area (Å²) in [5.41, 5.74) is 5.65. The van der Waals surface area contributed by atoms with Gasteiger partial charge < -0.3 is 5.43 Å². The number of pyridine rings is 1. The summed E-state index contributed by atoms with van der Waals surface area (Å²) in [6.07, 6.45) is 1.74. The number of aryl methyl sites for hydroxylation is 1. The highest BCUT2D eigenvalue weighted by atomic mass is 79.9. The molecule has 0 amide bonds. The molecule has 0 spiro atoms. The number of hydrogen-bond donors (Lipinski definition) is 2. The van der Waals surface area contributed by atoms with Gasteiger partial charge in [-0.2, -0.15) is 0 Å². The van der Waals surface area contributed by atoms with E-state index in [1.54, 1.807) is 6.20 Å². The average Bonchev–Trinajstić information content (AvgIpc) is 2.19. The van der Waals surface area contributed by atoms with Crippen molar-refractivity contribution in [2.24, 2.45) is 5.84 Å². The van der Waals surface area contributed by atoms with Crippen LogP contribution in [0.4, 0.5) is 5.69 Å². The molecule has 14 heavy (non-hydrogen) atoms. The number of nitrogen functional groups attached to an aromatic ring is 1. The van der Waals surface area contributed by atoms with Crippen LogP contribution >= 0.6 is 15.9 Å². The van der Waals surface area contributed by atoms with Gasteiger partial charge in [0.15, 0.2) is 0 Å². The molecule has 0 saturated carbocycles. The molecular weight excluding hydrogens is 242 g/mol. The number of halogens is 1. The molecule has 0 atom stereocenters. The Labute approximate surface area is 90.4 Å². The highest BCUT2D eigenvalue weighted by molar-refractivity contribution is 9.10. The van der Waals surface area contributed by atoms with Gasteiger partial charge >= 0.3 is 0 Å². The lowest BCUT2D eigenvalue weighted by Crippen LogP contribution is -2.07. The van der Waals surface area contributed by atoms with Crippen molar-refractivity contribution in [1.29, 1.82) is 0 Å². The Hall–Kier alpha value is -1.13. The third-order valence-electron chi connectivity index (χ3n) is 2.18. The lowest BCUT2D eigenvalue weighted by Gasteiger charge is -2.06. The Morgan fingerprint density at radius 2 is 2.21 bits per heavy atom. The molecule has 0 fully saturated rings. The van der Waals surface area contributed by atoms with Crippen LogP contribution in [0.25, 0.3) is 10.9 Å². The van der Waals surface area contributed by atoms with E-state index in [0.717, 1.165) is 21.1 Å². The van der Waals surface area contributed by atoms with Crippen LogP contribution in [-0.2, 0) is 0 Å². The molecule has 1 heterocycles. The smallest absolute Gasteiger partial charge is 0.0726 e. The van der Waals surface area contributed by atoms with E-state index in [-0.39, 0.29) is 0 Å². The molecule has 1 aromatic carbocycles. The minimum absolute atomic E-state index is 0.885. The molecule has 0 aliphatic heterocycles. The van der Waals surface area contributed by atoms with Gasteiger partial charge in [-0.3, -0.25) is 10.8 Å². The third-order valence-corrected chi connectivity index (χ3v) is 3.03. The molecular formula is C10H10BrN3. The van der Waals surface area contributed by atoms with E-state index in [2.05, 4.69) is 26.3 Å². The number of rotatable bonds is 1. The predicted molar refractivity (Wildman–Crippen MR) is 62.0 cm³/mol. The van der Waals surface area contributed by atoms with Gasteiger partial charge in [0.25, 0.3) is 0 Å². The number of nitrogens with one attached hydrogen (secondary N) is 1. The molecule has 3 nitrogen and oxygen atoms in total. The predicted octanol–water partition coefficient (Wildman–Crippen LogP) is 2.59. The van der Waals surface area contributed by atoms with Crippen LogP contribution in [-0.4, -0.2) is 4.98 Å². The number of aromatic nitrogens is 1. The van der Waals surface area contributed by atoms with Gasteiger partial charge in [0.2, 0.25) is 0 Å². The highest BCUT2D eigenvalue weighted by Crippen LogP contribution is 2.27. The van der Waals surface area contributed by atoms with E-state index in [1.165, 1.54) is 5.56 Å². The molecule has 0 bridgehead atoms. The van der Waals surface area contributed by atoms with Crippen molar-refractivity contribution in [2.45, 2.75) is 6.92 Å². The van der Waals surface area contributed by atoms with Gasteiger partial charge in [0.05, 0.1) is 11.2 Å². The fourth-order valence-electron chi connectivity index (χ4n) is 1.40. The maximum atomic E-state index is 5.41. The Morgan fingerprint density at radius 3 is 2.93 bits per heavy atom. The van der Waals surface area contributed by atoms with Crippen LogP contribution < -0.4 is 11.3 Å². The van der Waals surface area contributed by atoms with Crippen LogP contribution in [0.1, 0.15) is 5.56 Å². The first-order valence-corrected chi connectivity index (χ1v) is 5.03. The fraction of sp³-hybridized carbons (Fsp3) is 0.100. The van der Waals surface area contributed by atoms with Gasteiger partial charge in [-0.15, -0.1) is 0 Å². The number of nitrogens with two attached hydrogens (primary N) is 1. The van der Waals surface area contributed by atoms with Crippen molar-refractivity contribution in [3.63, 3.8) is 0 Å². The second-order valence-electron chi connectivity index (χ2n) is 3.12. The molecule has 0 radical (unpaired) electrons. The summed E-state index contributed by atoms with van der Waals surface area (Å²) in [5.74, 6) is 5.41. The first-order chi connectivity index (χ1) is 6.72. The lowest BCUT2D eigenvalue weighted by atomic mass is 10.1. The lowest BCUT2D eigenvalue weighted by molar-refractivity contribution is 1.32. The van der Waals surface area contributed by atoms with E-state index < -0.39 is 0 Å². The van der Waals surface area contributed by atoms with Gasteiger partial charge in [-0.05, 0) is 30.7 Å². The summed E-state index contributed by atoms with van der Waals surface area (Å²) >= 11 is 3.48. The Morgan fingerprint density at radius 1 is 1.43 bits per heavy atom. The zero-order valence-corrected chi connectivity index (χ0v) is 9.30. The SMILES string of the molecule is Cc1cc2nccc(NN)c2cc1Br. The number of hydrazine groups is 1. The van der Waals surface area contributed by atoms with Gasteiger partial charge in [-0.1, -0.05) is 15.9 Å². The summed E-state index contributed by atoms with van der Waals surface area (Å²) in [5, 5.41) is 1.02. The molecule has 2 rings (SSSR count). The van der Waals surface area contributed by atoms with Crippen molar-refractivity contribution >= 4 is 32.5 Å². The summed E-state index contributed by atoms with van der Waals surface area (Å²) in [6, 6.07) is 5.90. The maximum Gasteiger partial charge on any atom is 0.0726 e. The molecule has 0 aliphatic rings. The van der Waals surface area contributed by atoms with Crippen molar-refractivity contribution < 1.29 is 0 Å². The average molecular weight is 252 g/mol. The largest absolute Gasteiger partial charge is 0.323 e. The van der Waals surface area contributed by atoms with E-state index >= 15 is 0 Å². The zero-order valence-electron chi connectivity index (χ0n) is 7.71. The van der Waals surface area contributed by atoms with Crippen LogP contribution in [0.2, 0.25) is 0 Å². The Bertz CT molecular complexity index is 482. The van der Waals surface area contributed by atoms with E-state index in [4.69, 9.17) is 5.84 Å². The standard InChI is InChI=1S/C10H10BrN3/c1-6-4-10-7(5-8(6)11)9(14-12)2-3-13-10/h2-5H,12H2,1H3,(H,13,14). The normalized spacial score (nSPS) is 10.5. The second-order valence-corrected chi connectivity index (χ2v) is 3.98. The molecule has 3 N–H and O–H groups in total. The van der Waals surface area contributed by atoms with E-state index in [9.17, 15) is 0 Å². The van der Waals surface area contributed by atoms with E-state index in [0.29, 0.717) is 0 Å². The van der Waals surface area contributed by atoms with Gasteiger partial charge in [-0.25, -0.2) is 0 Å². The molecule has 1 aromatic heterocycles. The molecule has 0 unspecified atom stereocenters. The first-order valence-electron chi connectivity index (χ1n) is 4.24. The van der Waals surface area contributed by atoms with Crippen molar-refractivity contribution in [3.8, 4) is 0 Å². The van der Waals surface area contributed by atoms with Gasteiger partial charge in [0, 0.05) is 16.1 Å². The zero-order chi connectivity index (χ0) is 10.1. The van der Waals surface area contributed by atoms with Crippen molar-refractivity contribution in [3.05, 3.63) is 34.4 Å². The molecule has 4 heteroatoms. The first kappa shape index (κ1) is 9.43. The number of nitrogens with zero attached hydrogens (tertiary/aromatic N) is 1.